The van der Waals surface area contributed by atoms with Crippen LogP contribution in [-0.2, 0) is 21.5 Å². The van der Waals surface area contributed by atoms with Crippen molar-refractivity contribution in [3.63, 3.8) is 0 Å². The highest BCUT2D eigenvalue weighted by atomic mass is 127. The zero-order valence-electron chi connectivity index (χ0n) is 22.7. The van der Waals surface area contributed by atoms with Gasteiger partial charge in [0.1, 0.15) is 5.82 Å². The second-order valence-corrected chi connectivity index (χ2v) is 13.0. The molecular formula is C27H28F4IN5O4S. The van der Waals surface area contributed by atoms with Crippen molar-refractivity contribution < 1.29 is 35.6 Å². The van der Waals surface area contributed by atoms with Crippen LogP contribution in [0.2, 0.25) is 0 Å². The Balaban J connectivity index is 1.69. The van der Waals surface area contributed by atoms with Gasteiger partial charge in [-0.15, -0.1) is 0 Å². The van der Waals surface area contributed by atoms with Gasteiger partial charge in [-0.2, -0.15) is 13.1 Å². The van der Waals surface area contributed by atoms with Crippen molar-refractivity contribution >= 4 is 55.9 Å². The number of nitrogens with one attached hydrogen (secondary N) is 4. The minimum absolute atomic E-state index is 0.221. The predicted molar refractivity (Wildman–Crippen MR) is 157 cm³/mol. The van der Waals surface area contributed by atoms with Gasteiger partial charge >= 0.3 is 10.2 Å². The Morgan fingerprint density at radius 1 is 1.07 bits per heavy atom. The third kappa shape index (κ3) is 7.48. The molecule has 0 saturated heterocycles. The fourth-order valence-electron chi connectivity index (χ4n) is 4.24. The van der Waals surface area contributed by atoms with Gasteiger partial charge in [0.15, 0.2) is 23.3 Å². The quantitative estimate of drug-likeness (QED) is 0.112. The molecule has 0 bridgehead atoms. The number of carbonyl (C=O) groups excluding carboxylic acids is 1. The number of hydrogen-bond acceptors (Lipinski definition) is 6. The second-order valence-electron chi connectivity index (χ2n) is 10.4. The molecule has 1 amide bonds. The molecule has 1 aromatic heterocycles. The summed E-state index contributed by atoms with van der Waals surface area (Å²) in [5.41, 5.74) is -0.531. The van der Waals surface area contributed by atoms with E-state index in [0.29, 0.717) is 16.4 Å². The molecule has 1 heterocycles. The maximum atomic E-state index is 15.5. The van der Waals surface area contributed by atoms with E-state index < -0.39 is 80.1 Å². The van der Waals surface area contributed by atoms with E-state index >= 15 is 13.2 Å². The standard InChI is InChI=1S/C27H28F4IN5O4S/c1-14(2)41-35-26(38)18-12-16(21(29)23(31)24(18)34-20-6-5-17(32)13-19(20)28)11-15-7-10-33-25(22(15)30)36-42(39,40)37-27(3)8-4-9-27/h5-7,10,12-14,34,37H,4,8-9,11H2,1-3H3,(H,33,36)(H,35,38). The third-order valence-corrected chi connectivity index (χ3v) is 8.42. The molecule has 9 nitrogen and oxygen atoms in total. The fourth-order valence-corrected chi connectivity index (χ4v) is 6.00. The molecule has 226 valence electrons. The van der Waals surface area contributed by atoms with E-state index in [2.05, 4.69) is 20.5 Å². The molecule has 0 atom stereocenters. The van der Waals surface area contributed by atoms with Crippen molar-refractivity contribution in [3.05, 3.63) is 80.1 Å². The minimum Gasteiger partial charge on any atom is -0.350 e. The van der Waals surface area contributed by atoms with Crippen molar-refractivity contribution in [2.24, 2.45) is 0 Å². The van der Waals surface area contributed by atoms with Crippen LogP contribution in [0.3, 0.4) is 0 Å². The van der Waals surface area contributed by atoms with Crippen molar-refractivity contribution in [2.75, 3.05) is 10.0 Å². The number of hydroxylamine groups is 1. The van der Waals surface area contributed by atoms with E-state index in [1.807, 2.05) is 27.3 Å². The number of amides is 1. The molecule has 4 rings (SSSR count). The van der Waals surface area contributed by atoms with Gasteiger partial charge in [0.25, 0.3) is 5.91 Å². The summed E-state index contributed by atoms with van der Waals surface area (Å²) in [6.07, 6.45) is 2.15. The van der Waals surface area contributed by atoms with E-state index in [-0.39, 0.29) is 11.3 Å². The van der Waals surface area contributed by atoms with Gasteiger partial charge in [0.05, 0.1) is 23.0 Å². The smallest absolute Gasteiger partial charge is 0.300 e. The maximum Gasteiger partial charge on any atom is 0.300 e. The zero-order chi connectivity index (χ0) is 30.8. The normalized spacial score (nSPS) is 14.4. The topological polar surface area (TPSA) is 121 Å². The highest BCUT2D eigenvalue weighted by Gasteiger charge is 2.36. The maximum absolute atomic E-state index is 15.5. The summed E-state index contributed by atoms with van der Waals surface area (Å²) >= 11 is 1.88. The number of benzene rings is 2. The summed E-state index contributed by atoms with van der Waals surface area (Å²) in [5.74, 6) is -6.45. The Bertz CT molecular complexity index is 1620. The van der Waals surface area contributed by atoms with Gasteiger partial charge in [-0.25, -0.2) is 28.0 Å². The van der Waals surface area contributed by atoms with E-state index in [1.165, 1.54) is 18.2 Å². The monoisotopic (exact) mass is 721 g/mol. The van der Waals surface area contributed by atoms with Crippen LogP contribution in [0.5, 0.6) is 0 Å². The molecule has 1 aliphatic carbocycles. The number of aromatic nitrogens is 1. The molecule has 1 saturated carbocycles. The van der Waals surface area contributed by atoms with E-state index in [0.717, 1.165) is 24.8 Å². The van der Waals surface area contributed by atoms with Crippen molar-refractivity contribution in [1.29, 1.82) is 0 Å². The summed E-state index contributed by atoms with van der Waals surface area (Å²) in [6.45, 7) is 4.97. The van der Waals surface area contributed by atoms with Crippen LogP contribution in [0.15, 0.2) is 36.5 Å². The summed E-state index contributed by atoms with van der Waals surface area (Å²) in [4.78, 5) is 21.8. The average Bonchev–Trinajstić information content (AvgIpc) is 2.89. The van der Waals surface area contributed by atoms with Crippen molar-refractivity contribution in [1.82, 2.24) is 15.2 Å². The molecule has 15 heteroatoms. The summed E-state index contributed by atoms with van der Waals surface area (Å²) < 4.78 is 90.9. The van der Waals surface area contributed by atoms with Crippen molar-refractivity contribution in [2.45, 2.75) is 58.1 Å². The fraction of sp³-hybridized carbons (Fsp3) is 0.333. The SMILES string of the molecule is CC(C)ONC(=O)c1cc(Cc2ccnc(NS(=O)(=O)NC3(C)CCC3)c2F)c(F)c(F)c1Nc1ccc(I)cc1F. The lowest BCUT2D eigenvalue weighted by atomic mass is 9.80. The minimum atomic E-state index is -4.20. The van der Waals surface area contributed by atoms with E-state index in [9.17, 15) is 17.6 Å². The molecule has 0 spiro atoms. The molecule has 1 fully saturated rings. The lowest BCUT2D eigenvalue weighted by Crippen LogP contribution is -2.52. The number of anilines is 3. The lowest BCUT2D eigenvalue weighted by Gasteiger charge is -2.38. The summed E-state index contributed by atoms with van der Waals surface area (Å²) in [7, 11) is -4.20. The van der Waals surface area contributed by atoms with Gasteiger partial charge in [-0.05, 0) is 104 Å². The number of hydrogen-bond donors (Lipinski definition) is 4. The summed E-state index contributed by atoms with van der Waals surface area (Å²) in [6, 6.07) is 6.13. The van der Waals surface area contributed by atoms with E-state index in [4.69, 9.17) is 4.84 Å². The Morgan fingerprint density at radius 2 is 1.79 bits per heavy atom. The number of carbonyl (C=O) groups is 1. The van der Waals surface area contributed by atoms with Crippen LogP contribution in [-0.4, -0.2) is 31.0 Å². The van der Waals surface area contributed by atoms with Crippen LogP contribution in [0.1, 0.15) is 61.5 Å². The van der Waals surface area contributed by atoms with Gasteiger partial charge in [0.2, 0.25) is 0 Å². The Kier molecular flexibility index (Phi) is 9.64. The summed E-state index contributed by atoms with van der Waals surface area (Å²) in [5, 5.41) is 2.43. The number of halogens is 5. The lowest BCUT2D eigenvalue weighted by molar-refractivity contribution is 0.000216. The first kappa shape index (κ1) is 31.9. The molecular weight excluding hydrogens is 693 g/mol. The number of pyridine rings is 1. The highest BCUT2D eigenvalue weighted by molar-refractivity contribution is 14.1. The first-order valence-electron chi connectivity index (χ1n) is 12.8. The number of rotatable bonds is 11. The molecule has 0 aliphatic heterocycles. The van der Waals surface area contributed by atoms with Crippen molar-refractivity contribution in [3.8, 4) is 0 Å². The highest BCUT2D eigenvalue weighted by Crippen LogP contribution is 2.33. The van der Waals surface area contributed by atoms with Gasteiger partial charge in [-0.3, -0.25) is 14.4 Å². The van der Waals surface area contributed by atoms with Crippen LogP contribution < -0.4 is 20.2 Å². The molecule has 1 aliphatic rings. The molecule has 0 radical (unpaired) electrons. The average molecular weight is 722 g/mol. The van der Waals surface area contributed by atoms with Gasteiger partial charge in [-0.1, -0.05) is 0 Å². The Morgan fingerprint density at radius 3 is 2.40 bits per heavy atom. The molecule has 3 aromatic rings. The molecule has 0 unspecified atom stereocenters. The third-order valence-electron chi connectivity index (χ3n) is 6.52. The molecule has 42 heavy (non-hydrogen) atoms. The Labute approximate surface area is 254 Å². The van der Waals surface area contributed by atoms with Gasteiger partial charge in [0, 0.05) is 21.7 Å². The van der Waals surface area contributed by atoms with Crippen LogP contribution >= 0.6 is 22.6 Å². The first-order valence-corrected chi connectivity index (χ1v) is 15.4. The van der Waals surface area contributed by atoms with E-state index in [1.54, 1.807) is 20.8 Å². The molecule has 2 aromatic carbocycles. The second kappa shape index (κ2) is 12.7. The molecule has 4 N–H and O–H groups in total. The number of nitrogens with zero attached hydrogens (tertiary/aromatic N) is 1. The zero-order valence-corrected chi connectivity index (χ0v) is 25.7. The first-order chi connectivity index (χ1) is 19.7. The predicted octanol–water partition coefficient (Wildman–Crippen LogP) is 5.84. The van der Waals surface area contributed by atoms with Crippen LogP contribution in [0.25, 0.3) is 0 Å². The Hall–Kier alpha value is -3.02. The van der Waals surface area contributed by atoms with Gasteiger partial charge < -0.3 is 5.32 Å². The van der Waals surface area contributed by atoms with Crippen LogP contribution in [0.4, 0.5) is 34.8 Å². The largest absolute Gasteiger partial charge is 0.350 e. The van der Waals surface area contributed by atoms with Crippen LogP contribution in [0, 0.1) is 26.8 Å².